The van der Waals surface area contributed by atoms with Crippen LogP contribution in [0.5, 0.6) is 0 Å². The quantitative estimate of drug-likeness (QED) is 0.444. The molecule has 6 nitrogen and oxygen atoms in total. The van der Waals surface area contributed by atoms with Gasteiger partial charge in [-0.2, -0.15) is 5.26 Å². The first-order valence-electron chi connectivity index (χ1n) is 9.95. The minimum absolute atomic E-state index is 0.221. The molecule has 9 heteroatoms. The summed E-state index contributed by atoms with van der Waals surface area (Å²) in [5.74, 6) is -1.46. The average molecular weight is 541 g/mol. The fourth-order valence-electron chi connectivity index (χ4n) is 4.26. The third kappa shape index (κ3) is 3.57. The van der Waals surface area contributed by atoms with Gasteiger partial charge < -0.3 is 10.2 Å². The fraction of sp³-hybridized carbons (Fsp3) is 0.125. The molecule has 2 aliphatic heterocycles. The maximum atomic E-state index is 13.6. The third-order valence-electron chi connectivity index (χ3n) is 5.76. The van der Waals surface area contributed by atoms with Crippen LogP contribution in [0.25, 0.3) is 11.3 Å². The number of benzene rings is 2. The highest BCUT2D eigenvalue weighted by Crippen LogP contribution is 2.51. The lowest BCUT2D eigenvalue weighted by Gasteiger charge is -2.28. The number of halogens is 2. The van der Waals surface area contributed by atoms with Gasteiger partial charge in [0.2, 0.25) is 11.8 Å². The van der Waals surface area contributed by atoms with Crippen LogP contribution in [-0.4, -0.2) is 17.1 Å². The number of carbonyl (C=O) groups is 2. The van der Waals surface area contributed by atoms with Crippen LogP contribution in [0.1, 0.15) is 11.7 Å². The van der Waals surface area contributed by atoms with Crippen LogP contribution in [-0.2, 0) is 9.59 Å². The summed E-state index contributed by atoms with van der Waals surface area (Å²) >= 11 is 10.7. The molecular weight excluding hydrogens is 526 g/mol. The van der Waals surface area contributed by atoms with Crippen LogP contribution in [0.15, 0.2) is 80.2 Å². The summed E-state index contributed by atoms with van der Waals surface area (Å²) in [5.41, 5.74) is 7.57. The van der Waals surface area contributed by atoms with E-state index >= 15 is 0 Å². The molecular formula is C24H15BrClN3O3S. The number of hydrogen-bond acceptors (Lipinski definition) is 6. The number of anilines is 1. The van der Waals surface area contributed by atoms with E-state index in [9.17, 15) is 14.9 Å². The number of amides is 2. The average Bonchev–Trinajstić information content (AvgIpc) is 3.37. The molecule has 1 fully saturated rings. The molecule has 3 atom stereocenters. The monoisotopic (exact) mass is 539 g/mol. The minimum atomic E-state index is -0.821. The number of nitrogens with two attached hydrogens (primary N) is 1. The van der Waals surface area contributed by atoms with E-state index in [2.05, 4.69) is 22.0 Å². The Bertz CT molecular complexity index is 1360. The van der Waals surface area contributed by atoms with Crippen molar-refractivity contribution in [2.45, 2.75) is 11.2 Å². The van der Waals surface area contributed by atoms with Gasteiger partial charge in [-0.05, 0) is 48.5 Å². The van der Waals surface area contributed by atoms with E-state index < -0.39 is 17.1 Å². The molecule has 0 radical (unpaired) electrons. The Balaban J connectivity index is 1.59. The number of rotatable bonds is 3. The molecule has 0 saturated carbocycles. The van der Waals surface area contributed by atoms with Gasteiger partial charge in [0.05, 0.1) is 39.2 Å². The smallest absolute Gasteiger partial charge is 0.248 e. The lowest BCUT2D eigenvalue weighted by molar-refractivity contribution is -0.122. The first-order chi connectivity index (χ1) is 15.9. The predicted octanol–water partition coefficient (Wildman–Crippen LogP) is 5.44. The van der Waals surface area contributed by atoms with Gasteiger partial charge in [0.25, 0.3) is 0 Å². The number of fused-ring (bicyclic) bond motifs is 1. The fourth-order valence-corrected chi connectivity index (χ4v) is 5.95. The van der Waals surface area contributed by atoms with Crippen molar-refractivity contribution in [3.63, 3.8) is 0 Å². The van der Waals surface area contributed by atoms with E-state index in [1.165, 1.54) is 4.90 Å². The van der Waals surface area contributed by atoms with Crippen LogP contribution in [0.2, 0.25) is 5.02 Å². The van der Waals surface area contributed by atoms with Crippen molar-refractivity contribution < 1.29 is 14.0 Å². The lowest BCUT2D eigenvalue weighted by atomic mass is 9.82. The van der Waals surface area contributed by atoms with Gasteiger partial charge in [-0.3, -0.25) is 9.59 Å². The number of thioether (sulfide) groups is 1. The molecule has 0 aliphatic carbocycles. The van der Waals surface area contributed by atoms with Gasteiger partial charge in [0, 0.05) is 10.0 Å². The number of allylic oxidation sites excluding steroid dienone is 1. The normalized spacial score (nSPS) is 22.5. The Morgan fingerprint density at radius 3 is 2.48 bits per heavy atom. The van der Waals surface area contributed by atoms with Crippen molar-refractivity contribution in [2.24, 2.45) is 11.7 Å². The van der Waals surface area contributed by atoms with Crippen molar-refractivity contribution in [2.75, 3.05) is 4.90 Å². The van der Waals surface area contributed by atoms with E-state index in [1.807, 2.05) is 18.2 Å². The zero-order valence-corrected chi connectivity index (χ0v) is 20.0. The Morgan fingerprint density at radius 1 is 1.06 bits per heavy atom. The summed E-state index contributed by atoms with van der Waals surface area (Å²) in [5, 5.41) is 9.85. The molecule has 3 unspecified atom stereocenters. The van der Waals surface area contributed by atoms with Crippen molar-refractivity contribution in [3.8, 4) is 17.4 Å². The van der Waals surface area contributed by atoms with Crippen molar-refractivity contribution in [1.82, 2.24) is 0 Å². The van der Waals surface area contributed by atoms with Crippen molar-refractivity contribution in [1.29, 1.82) is 5.26 Å². The molecule has 3 aromatic rings. The summed E-state index contributed by atoms with van der Waals surface area (Å²) in [6.07, 6.45) is 0. The molecule has 2 aliphatic rings. The first kappa shape index (κ1) is 21.8. The van der Waals surface area contributed by atoms with Gasteiger partial charge in [0.15, 0.2) is 0 Å². The Hall–Kier alpha value is -2.99. The highest BCUT2D eigenvalue weighted by molar-refractivity contribution is 9.10. The maximum Gasteiger partial charge on any atom is 0.248 e. The Labute approximate surface area is 207 Å². The second-order valence-corrected chi connectivity index (χ2v) is 10.1. The minimum Gasteiger partial charge on any atom is -0.460 e. The largest absolute Gasteiger partial charge is 0.460 e. The molecule has 0 bridgehead atoms. The summed E-state index contributed by atoms with van der Waals surface area (Å²) in [4.78, 5) is 28.0. The molecule has 1 aromatic heterocycles. The van der Waals surface area contributed by atoms with Crippen LogP contribution in [0, 0.1) is 17.2 Å². The molecule has 164 valence electrons. The number of hydrogen-bond donors (Lipinski definition) is 1. The second-order valence-electron chi connectivity index (χ2n) is 7.60. The number of nitrogens with zero attached hydrogens (tertiary/aromatic N) is 2. The van der Waals surface area contributed by atoms with Gasteiger partial charge in [-0.25, -0.2) is 4.90 Å². The maximum absolute atomic E-state index is 13.6. The number of imide groups is 1. The van der Waals surface area contributed by atoms with Gasteiger partial charge in [-0.1, -0.05) is 51.4 Å². The Kier molecular flexibility index (Phi) is 5.57. The predicted molar refractivity (Wildman–Crippen MR) is 130 cm³/mol. The van der Waals surface area contributed by atoms with Crippen LogP contribution in [0.3, 0.4) is 0 Å². The molecule has 2 N–H and O–H groups in total. The van der Waals surface area contributed by atoms with Crippen LogP contribution >= 0.6 is 39.3 Å². The molecule has 1 saturated heterocycles. The van der Waals surface area contributed by atoms with Gasteiger partial charge in [-0.15, -0.1) is 0 Å². The molecule has 2 aromatic carbocycles. The zero-order chi connectivity index (χ0) is 23.3. The molecule has 3 heterocycles. The highest BCUT2D eigenvalue weighted by atomic mass is 79.9. The lowest BCUT2D eigenvalue weighted by Crippen LogP contribution is -2.33. The van der Waals surface area contributed by atoms with Gasteiger partial charge in [0.1, 0.15) is 16.8 Å². The van der Waals surface area contributed by atoms with Crippen LogP contribution < -0.4 is 10.6 Å². The van der Waals surface area contributed by atoms with Crippen molar-refractivity contribution >= 4 is 56.8 Å². The van der Waals surface area contributed by atoms with E-state index in [0.29, 0.717) is 27.8 Å². The molecule has 33 heavy (non-hydrogen) atoms. The van der Waals surface area contributed by atoms with E-state index in [1.54, 1.807) is 42.5 Å². The number of nitriles is 1. The number of furan rings is 1. The van der Waals surface area contributed by atoms with E-state index in [4.69, 9.17) is 21.8 Å². The second kappa shape index (κ2) is 8.41. The highest BCUT2D eigenvalue weighted by Gasteiger charge is 2.56. The molecule has 0 spiro atoms. The van der Waals surface area contributed by atoms with E-state index in [-0.39, 0.29) is 22.4 Å². The van der Waals surface area contributed by atoms with Gasteiger partial charge >= 0.3 is 0 Å². The summed E-state index contributed by atoms with van der Waals surface area (Å²) in [6, 6.07) is 19.7. The van der Waals surface area contributed by atoms with E-state index in [0.717, 1.165) is 16.2 Å². The van der Waals surface area contributed by atoms with Crippen molar-refractivity contribution in [3.05, 3.63) is 86.5 Å². The summed E-state index contributed by atoms with van der Waals surface area (Å²) < 4.78 is 6.93. The first-order valence-corrected chi connectivity index (χ1v) is 12.0. The number of carbonyl (C=O) groups excluding carboxylic acids is 2. The summed E-state index contributed by atoms with van der Waals surface area (Å²) in [7, 11) is 0. The summed E-state index contributed by atoms with van der Waals surface area (Å²) in [6.45, 7) is 0. The SMILES string of the molecule is N#CC1=C(N)SC2C(=O)N(c3ccc(Br)cc3)C(=O)C2C1c1ccc(-c2ccccc2Cl)o1. The Morgan fingerprint density at radius 2 is 1.79 bits per heavy atom. The van der Waals surface area contributed by atoms with Crippen LogP contribution in [0.4, 0.5) is 5.69 Å². The third-order valence-corrected chi connectivity index (χ3v) is 7.84. The molecule has 5 rings (SSSR count). The molecule has 2 amide bonds. The standard InChI is InChI=1S/C24H15BrClN3O3S/c25-12-5-7-13(8-6-12)29-23(30)20-19(15(11-27)22(28)33-21(20)24(29)31)18-10-9-17(32-18)14-3-1-2-4-16(14)26/h1-10,19-21H,28H2. The topological polar surface area (TPSA) is 100 Å². The zero-order valence-electron chi connectivity index (χ0n) is 16.9.